The van der Waals surface area contributed by atoms with Crippen LogP contribution in [0.1, 0.15) is 20.3 Å². The summed E-state index contributed by atoms with van der Waals surface area (Å²) in [4.78, 5) is 30.9. The zero-order valence-corrected chi connectivity index (χ0v) is 6.49. The van der Waals surface area contributed by atoms with Gasteiger partial charge in [-0.1, -0.05) is 0 Å². The van der Waals surface area contributed by atoms with Gasteiger partial charge in [0.05, 0.1) is 6.42 Å². The summed E-state index contributed by atoms with van der Waals surface area (Å²) in [5, 5.41) is 0. The standard InChI is InChI=1S/C7H10O4/c1-5(11-6(2)9)7(10)3-4-8/h4-5H,3H2,1-2H3/t5-/m1/s1. The van der Waals surface area contributed by atoms with E-state index in [1.165, 1.54) is 13.8 Å². The van der Waals surface area contributed by atoms with Crippen LogP contribution in [0.5, 0.6) is 0 Å². The number of carbonyl (C=O) groups excluding carboxylic acids is 3. The van der Waals surface area contributed by atoms with Crippen LogP contribution >= 0.6 is 0 Å². The van der Waals surface area contributed by atoms with Crippen molar-refractivity contribution in [2.45, 2.75) is 26.4 Å². The van der Waals surface area contributed by atoms with Gasteiger partial charge >= 0.3 is 5.97 Å². The molecule has 0 heterocycles. The van der Waals surface area contributed by atoms with Crippen LogP contribution in [0.2, 0.25) is 0 Å². The summed E-state index contributed by atoms with van der Waals surface area (Å²) in [5.74, 6) is -0.896. The Bertz CT molecular complexity index is 173. The predicted octanol–water partition coefficient (Wildman–Crippen LogP) is 0.0961. The van der Waals surface area contributed by atoms with Gasteiger partial charge < -0.3 is 9.53 Å². The van der Waals surface area contributed by atoms with Gasteiger partial charge in [0.25, 0.3) is 0 Å². The van der Waals surface area contributed by atoms with Gasteiger partial charge in [-0.05, 0) is 6.92 Å². The first-order chi connectivity index (χ1) is 5.07. The van der Waals surface area contributed by atoms with Gasteiger partial charge in [-0.25, -0.2) is 0 Å². The molecule has 0 aliphatic heterocycles. The first kappa shape index (κ1) is 9.81. The molecule has 1 atom stereocenters. The lowest BCUT2D eigenvalue weighted by Crippen LogP contribution is -2.22. The van der Waals surface area contributed by atoms with Crippen molar-refractivity contribution >= 4 is 18.0 Å². The van der Waals surface area contributed by atoms with E-state index in [2.05, 4.69) is 4.74 Å². The summed E-state index contributed by atoms with van der Waals surface area (Å²) in [6, 6.07) is 0. The fraction of sp³-hybridized carbons (Fsp3) is 0.571. The lowest BCUT2D eigenvalue weighted by atomic mass is 10.2. The van der Waals surface area contributed by atoms with Crippen LogP contribution in [0.3, 0.4) is 0 Å². The molecule has 0 rings (SSSR count). The molecule has 62 valence electrons. The van der Waals surface area contributed by atoms with Gasteiger partial charge in [-0.15, -0.1) is 0 Å². The number of ketones is 1. The maximum Gasteiger partial charge on any atom is 0.303 e. The first-order valence-corrected chi connectivity index (χ1v) is 3.21. The van der Waals surface area contributed by atoms with E-state index in [4.69, 9.17) is 0 Å². The largest absolute Gasteiger partial charge is 0.455 e. The van der Waals surface area contributed by atoms with Crippen molar-refractivity contribution in [1.29, 1.82) is 0 Å². The highest BCUT2D eigenvalue weighted by Crippen LogP contribution is 1.95. The number of ether oxygens (including phenoxy) is 1. The topological polar surface area (TPSA) is 60.4 Å². The number of carbonyl (C=O) groups is 3. The molecule has 0 saturated heterocycles. The van der Waals surface area contributed by atoms with Crippen LogP contribution < -0.4 is 0 Å². The van der Waals surface area contributed by atoms with Gasteiger partial charge in [0.2, 0.25) is 0 Å². The lowest BCUT2D eigenvalue weighted by molar-refractivity contribution is -0.152. The van der Waals surface area contributed by atoms with E-state index in [-0.39, 0.29) is 12.2 Å². The Hall–Kier alpha value is -1.19. The predicted molar refractivity (Wildman–Crippen MR) is 36.9 cm³/mol. The maximum atomic E-state index is 10.8. The molecule has 11 heavy (non-hydrogen) atoms. The number of rotatable bonds is 4. The average molecular weight is 158 g/mol. The molecular formula is C7H10O4. The SMILES string of the molecule is CC(=O)O[C@H](C)C(=O)CC=O. The second-order valence-corrected chi connectivity index (χ2v) is 2.09. The second kappa shape index (κ2) is 4.60. The molecule has 0 aliphatic rings. The molecule has 0 aromatic heterocycles. The van der Waals surface area contributed by atoms with Crippen molar-refractivity contribution in [1.82, 2.24) is 0 Å². The van der Waals surface area contributed by atoms with E-state index in [1.54, 1.807) is 0 Å². The summed E-state index contributed by atoms with van der Waals surface area (Å²) in [5.41, 5.74) is 0. The summed E-state index contributed by atoms with van der Waals surface area (Å²) in [6.07, 6.45) is -0.519. The van der Waals surface area contributed by atoms with Crippen LogP contribution in [0.15, 0.2) is 0 Å². The maximum absolute atomic E-state index is 10.8. The molecule has 0 spiro atoms. The fourth-order valence-corrected chi connectivity index (χ4v) is 0.563. The second-order valence-electron chi connectivity index (χ2n) is 2.09. The van der Waals surface area contributed by atoms with Gasteiger partial charge in [0, 0.05) is 6.92 Å². The summed E-state index contributed by atoms with van der Waals surface area (Å²) >= 11 is 0. The van der Waals surface area contributed by atoms with E-state index >= 15 is 0 Å². The third-order valence-electron chi connectivity index (χ3n) is 1.08. The first-order valence-electron chi connectivity index (χ1n) is 3.21. The Morgan fingerprint density at radius 2 is 2.09 bits per heavy atom. The highest BCUT2D eigenvalue weighted by atomic mass is 16.5. The van der Waals surface area contributed by atoms with Crippen molar-refractivity contribution in [3.05, 3.63) is 0 Å². The summed E-state index contributed by atoms with van der Waals surface area (Å²) in [7, 11) is 0. The fourth-order valence-electron chi connectivity index (χ4n) is 0.563. The molecule has 0 aromatic carbocycles. The third kappa shape index (κ3) is 4.25. The normalized spacial score (nSPS) is 11.8. The van der Waals surface area contributed by atoms with Gasteiger partial charge in [-0.2, -0.15) is 0 Å². The van der Waals surface area contributed by atoms with Gasteiger partial charge in [-0.3, -0.25) is 9.59 Å². The highest BCUT2D eigenvalue weighted by Gasteiger charge is 2.14. The van der Waals surface area contributed by atoms with E-state index in [0.717, 1.165) is 0 Å². The van der Waals surface area contributed by atoms with Gasteiger partial charge in [0.1, 0.15) is 6.29 Å². The Morgan fingerprint density at radius 3 is 2.45 bits per heavy atom. The van der Waals surface area contributed by atoms with Gasteiger partial charge in [0.15, 0.2) is 11.9 Å². The molecule has 0 saturated carbocycles. The molecule has 0 aromatic rings. The van der Waals surface area contributed by atoms with Crippen molar-refractivity contribution in [2.24, 2.45) is 0 Å². The zero-order valence-electron chi connectivity index (χ0n) is 6.49. The lowest BCUT2D eigenvalue weighted by Gasteiger charge is -2.07. The number of hydrogen-bond acceptors (Lipinski definition) is 4. The number of hydrogen-bond donors (Lipinski definition) is 0. The van der Waals surface area contributed by atoms with Crippen molar-refractivity contribution in [2.75, 3.05) is 0 Å². The van der Waals surface area contributed by atoms with Crippen LogP contribution in [-0.4, -0.2) is 24.1 Å². The number of Topliss-reactive ketones (excluding diaryl/α,β-unsaturated/α-hetero) is 1. The Balaban J connectivity index is 3.81. The molecule has 0 aliphatic carbocycles. The number of aldehydes is 1. The van der Waals surface area contributed by atoms with Crippen LogP contribution in [-0.2, 0) is 19.1 Å². The smallest absolute Gasteiger partial charge is 0.303 e. The molecular weight excluding hydrogens is 148 g/mol. The van der Waals surface area contributed by atoms with E-state index in [9.17, 15) is 14.4 Å². The molecule has 0 radical (unpaired) electrons. The molecule has 0 unspecified atom stereocenters. The van der Waals surface area contributed by atoms with Crippen LogP contribution in [0, 0.1) is 0 Å². The third-order valence-corrected chi connectivity index (χ3v) is 1.08. The Labute approximate surface area is 64.5 Å². The van der Waals surface area contributed by atoms with E-state index in [1.807, 2.05) is 0 Å². The molecule has 4 nitrogen and oxygen atoms in total. The molecule has 0 amide bonds. The van der Waals surface area contributed by atoms with Crippen LogP contribution in [0.4, 0.5) is 0 Å². The Morgan fingerprint density at radius 1 is 1.55 bits per heavy atom. The number of esters is 1. The minimum atomic E-state index is -0.808. The summed E-state index contributed by atoms with van der Waals surface area (Å²) in [6.45, 7) is 2.65. The van der Waals surface area contributed by atoms with Crippen LogP contribution in [0.25, 0.3) is 0 Å². The quantitative estimate of drug-likeness (QED) is 0.330. The van der Waals surface area contributed by atoms with E-state index < -0.39 is 12.1 Å². The minimum Gasteiger partial charge on any atom is -0.455 e. The molecule has 0 fully saturated rings. The van der Waals surface area contributed by atoms with E-state index in [0.29, 0.717) is 6.29 Å². The zero-order chi connectivity index (χ0) is 8.85. The monoisotopic (exact) mass is 158 g/mol. The van der Waals surface area contributed by atoms with Crippen molar-refractivity contribution < 1.29 is 19.1 Å². The van der Waals surface area contributed by atoms with Crippen molar-refractivity contribution in [3.8, 4) is 0 Å². The average Bonchev–Trinajstić information content (AvgIpc) is 1.86. The highest BCUT2D eigenvalue weighted by molar-refractivity contribution is 5.93. The summed E-state index contributed by atoms with van der Waals surface area (Å²) < 4.78 is 4.52. The molecule has 4 heteroatoms. The minimum absolute atomic E-state index is 0.200. The molecule has 0 N–H and O–H groups in total. The Kier molecular flexibility index (Phi) is 4.10. The van der Waals surface area contributed by atoms with Crippen molar-refractivity contribution in [3.63, 3.8) is 0 Å². The molecule has 0 bridgehead atoms.